The second-order valence-electron chi connectivity index (χ2n) is 5.28. The van der Waals surface area contributed by atoms with Crippen LogP contribution < -0.4 is 16.8 Å². The minimum Gasteiger partial charge on any atom is -0.493 e. The summed E-state index contributed by atoms with van der Waals surface area (Å²) in [6.45, 7) is 0. The number of ether oxygens (including phenoxy) is 2. The molecule has 140 valence electrons. The largest absolute Gasteiger partial charge is 0.512 e. The number of β-lactam (4-membered cyclic amide) rings is 1. The van der Waals surface area contributed by atoms with Gasteiger partial charge in [-0.15, -0.1) is 23.1 Å². The molecule has 6 N–H and O–H groups in total. The smallest absolute Gasteiger partial charge is 0.493 e. The van der Waals surface area contributed by atoms with Crippen molar-refractivity contribution in [2.24, 2.45) is 5.73 Å². The van der Waals surface area contributed by atoms with Crippen LogP contribution in [0.5, 0.6) is 0 Å². The van der Waals surface area contributed by atoms with Gasteiger partial charge in [0.05, 0.1) is 24.6 Å². The first kappa shape index (κ1) is 18.3. The highest BCUT2D eigenvalue weighted by atomic mass is 32.2. The first-order valence-electron chi connectivity index (χ1n) is 7.25. The number of carbonyl (C=O) groups excluding carboxylic acids is 2. The molecule has 1 fully saturated rings. The molecule has 0 aliphatic carbocycles. The van der Waals surface area contributed by atoms with E-state index in [4.69, 9.17) is 26.0 Å². The standard InChI is InChI=1S/C13H15N5O6S2/c1-23-8-10(17-9(20)7(14)4-3-25-12(15)16-4)26-6-2-5(19)18(6)11(8)24-13(21)22/h3,6-7,10H,2,14H2,1H3,(H2,15,16)(H,17,20)(H,21,22)/t6-,7?,10?/m0/s1. The van der Waals surface area contributed by atoms with Crippen molar-refractivity contribution in [1.82, 2.24) is 15.2 Å². The van der Waals surface area contributed by atoms with Crippen LogP contribution in [-0.4, -0.2) is 50.8 Å². The number of carbonyl (C=O) groups is 3. The number of carboxylic acid groups (broad SMARTS) is 1. The zero-order valence-corrected chi connectivity index (χ0v) is 15.0. The maximum absolute atomic E-state index is 12.4. The molecule has 3 rings (SSSR count). The fraction of sp³-hybridized carbons (Fsp3) is 0.385. The number of nitrogens with two attached hydrogens (primary N) is 2. The number of thioether (sulfide) groups is 1. The quantitative estimate of drug-likeness (QED) is 0.388. The number of methoxy groups -OCH3 is 1. The molecule has 2 amide bonds. The molecule has 11 nitrogen and oxygen atoms in total. The lowest BCUT2D eigenvalue weighted by atomic mass is 10.2. The Balaban J connectivity index is 1.82. The number of hydrogen-bond donors (Lipinski definition) is 4. The lowest BCUT2D eigenvalue weighted by Gasteiger charge is -2.45. The highest BCUT2D eigenvalue weighted by molar-refractivity contribution is 8.00. The van der Waals surface area contributed by atoms with Gasteiger partial charge in [0.1, 0.15) is 11.4 Å². The molecule has 2 aliphatic heterocycles. The zero-order chi connectivity index (χ0) is 19.0. The maximum atomic E-state index is 12.4. The molecule has 13 heteroatoms. The predicted molar refractivity (Wildman–Crippen MR) is 91.4 cm³/mol. The van der Waals surface area contributed by atoms with Crippen molar-refractivity contribution >= 4 is 46.2 Å². The summed E-state index contributed by atoms with van der Waals surface area (Å²) in [6, 6.07) is -1.06. The van der Waals surface area contributed by atoms with Crippen molar-refractivity contribution in [1.29, 1.82) is 0 Å². The number of anilines is 1. The maximum Gasteiger partial charge on any atom is 0.512 e. The molecule has 26 heavy (non-hydrogen) atoms. The van der Waals surface area contributed by atoms with Gasteiger partial charge in [-0.3, -0.25) is 14.5 Å². The van der Waals surface area contributed by atoms with Gasteiger partial charge < -0.3 is 31.4 Å². The molecule has 0 spiro atoms. The summed E-state index contributed by atoms with van der Waals surface area (Å²) < 4.78 is 9.91. The van der Waals surface area contributed by atoms with Gasteiger partial charge in [0, 0.05) is 5.38 Å². The van der Waals surface area contributed by atoms with Crippen LogP contribution in [-0.2, 0) is 19.1 Å². The molecule has 1 aromatic heterocycles. The molecule has 2 unspecified atom stereocenters. The summed E-state index contributed by atoms with van der Waals surface area (Å²) in [5, 5.41) is 12.3. The van der Waals surface area contributed by atoms with E-state index >= 15 is 0 Å². The van der Waals surface area contributed by atoms with Crippen molar-refractivity contribution in [3.8, 4) is 0 Å². The van der Waals surface area contributed by atoms with Crippen LogP contribution in [0.4, 0.5) is 9.93 Å². The first-order valence-corrected chi connectivity index (χ1v) is 9.07. The van der Waals surface area contributed by atoms with E-state index < -0.39 is 23.5 Å². The molecule has 3 atom stereocenters. The molecule has 1 saturated heterocycles. The number of thiazole rings is 1. The fourth-order valence-corrected chi connectivity index (χ4v) is 4.45. The molecular formula is C13H15N5O6S2. The summed E-state index contributed by atoms with van der Waals surface area (Å²) in [5.74, 6) is -1.11. The van der Waals surface area contributed by atoms with Crippen molar-refractivity contribution in [2.75, 3.05) is 12.8 Å². The third kappa shape index (κ3) is 3.27. The first-order chi connectivity index (χ1) is 12.3. The number of amides is 2. The summed E-state index contributed by atoms with van der Waals surface area (Å²) >= 11 is 2.37. The van der Waals surface area contributed by atoms with E-state index in [1.165, 1.54) is 23.8 Å². The Morgan fingerprint density at radius 1 is 1.54 bits per heavy atom. The molecular weight excluding hydrogens is 386 g/mol. The molecule has 0 saturated carbocycles. The molecule has 0 radical (unpaired) electrons. The van der Waals surface area contributed by atoms with Gasteiger partial charge in [-0.1, -0.05) is 0 Å². The van der Waals surface area contributed by atoms with Crippen molar-refractivity contribution < 1.29 is 29.0 Å². The van der Waals surface area contributed by atoms with Crippen LogP contribution in [0, 0.1) is 0 Å². The van der Waals surface area contributed by atoms with E-state index in [1.54, 1.807) is 5.38 Å². The van der Waals surface area contributed by atoms with E-state index in [-0.39, 0.29) is 34.5 Å². The number of nitrogen functional groups attached to an aromatic ring is 1. The van der Waals surface area contributed by atoms with Crippen LogP contribution in [0.3, 0.4) is 0 Å². The van der Waals surface area contributed by atoms with E-state index in [0.29, 0.717) is 5.69 Å². The van der Waals surface area contributed by atoms with Gasteiger partial charge in [0.15, 0.2) is 10.9 Å². The van der Waals surface area contributed by atoms with Crippen LogP contribution in [0.25, 0.3) is 0 Å². The number of nitrogens with one attached hydrogen (secondary N) is 1. The van der Waals surface area contributed by atoms with Crippen LogP contribution in [0.2, 0.25) is 0 Å². The van der Waals surface area contributed by atoms with Crippen molar-refractivity contribution in [2.45, 2.75) is 23.2 Å². The van der Waals surface area contributed by atoms with Crippen molar-refractivity contribution in [3.63, 3.8) is 0 Å². The molecule has 2 aliphatic rings. The summed E-state index contributed by atoms with van der Waals surface area (Å²) in [5.41, 5.74) is 11.7. The van der Waals surface area contributed by atoms with E-state index in [1.807, 2.05) is 0 Å². The van der Waals surface area contributed by atoms with Crippen molar-refractivity contribution in [3.05, 3.63) is 22.7 Å². The number of hydrogen-bond acceptors (Lipinski definition) is 10. The summed E-state index contributed by atoms with van der Waals surface area (Å²) in [4.78, 5) is 40.3. The second-order valence-corrected chi connectivity index (χ2v) is 7.45. The average Bonchev–Trinajstić information content (AvgIpc) is 2.99. The van der Waals surface area contributed by atoms with E-state index in [2.05, 4.69) is 10.3 Å². The normalized spacial score (nSPS) is 23.0. The topological polar surface area (TPSA) is 170 Å². The monoisotopic (exact) mass is 401 g/mol. The van der Waals surface area contributed by atoms with E-state index in [9.17, 15) is 14.4 Å². The molecule has 1 aromatic rings. The minimum atomic E-state index is -1.60. The number of nitrogens with zero attached hydrogens (tertiary/aromatic N) is 2. The van der Waals surface area contributed by atoms with Crippen LogP contribution in [0.15, 0.2) is 17.0 Å². The minimum absolute atomic E-state index is 0.0000386. The van der Waals surface area contributed by atoms with Gasteiger partial charge in [-0.05, 0) is 0 Å². The van der Waals surface area contributed by atoms with Gasteiger partial charge >= 0.3 is 6.16 Å². The highest BCUT2D eigenvalue weighted by Crippen LogP contribution is 2.43. The van der Waals surface area contributed by atoms with Crippen LogP contribution >= 0.6 is 23.1 Å². The third-order valence-electron chi connectivity index (χ3n) is 3.68. The fourth-order valence-electron chi connectivity index (χ4n) is 2.46. The molecule has 0 aromatic carbocycles. The Bertz CT molecular complexity index is 796. The second kappa shape index (κ2) is 7.01. The van der Waals surface area contributed by atoms with Gasteiger partial charge in [0.25, 0.3) is 5.88 Å². The Labute approximate surface area is 155 Å². The lowest BCUT2D eigenvalue weighted by Crippen LogP contribution is -2.57. The molecule has 3 heterocycles. The zero-order valence-electron chi connectivity index (χ0n) is 13.4. The number of fused-ring (bicyclic) bond motifs is 1. The van der Waals surface area contributed by atoms with Crippen LogP contribution in [0.1, 0.15) is 18.2 Å². The number of rotatable bonds is 5. The molecule has 0 bridgehead atoms. The average molecular weight is 401 g/mol. The SMILES string of the molecule is COC1=C(OC(=O)O)N2C(=O)C[C@@H]2SC1NC(=O)C(N)c1csc(N)n1. The van der Waals surface area contributed by atoms with E-state index in [0.717, 1.165) is 11.3 Å². The summed E-state index contributed by atoms with van der Waals surface area (Å²) in [7, 11) is 1.28. The Morgan fingerprint density at radius 3 is 2.81 bits per heavy atom. The number of aromatic nitrogens is 1. The third-order valence-corrected chi connectivity index (χ3v) is 5.67. The Kier molecular flexibility index (Phi) is 4.93. The van der Waals surface area contributed by atoms with Gasteiger partial charge in [-0.25, -0.2) is 9.78 Å². The summed E-state index contributed by atoms with van der Waals surface area (Å²) in [6.07, 6.45) is -1.41. The van der Waals surface area contributed by atoms with Gasteiger partial charge in [0.2, 0.25) is 11.8 Å². The van der Waals surface area contributed by atoms with Gasteiger partial charge in [-0.2, -0.15) is 0 Å². The Hall–Kier alpha value is -2.51. The lowest BCUT2D eigenvalue weighted by molar-refractivity contribution is -0.142. The Morgan fingerprint density at radius 2 is 2.27 bits per heavy atom. The highest BCUT2D eigenvalue weighted by Gasteiger charge is 2.49. The predicted octanol–water partition coefficient (Wildman–Crippen LogP) is -0.0173.